The van der Waals surface area contributed by atoms with Crippen LogP contribution in [0.5, 0.6) is 0 Å². The summed E-state index contributed by atoms with van der Waals surface area (Å²) in [7, 11) is 3.96. The highest BCUT2D eigenvalue weighted by molar-refractivity contribution is 6.30. The van der Waals surface area contributed by atoms with Gasteiger partial charge in [0.15, 0.2) is 0 Å². The first-order chi connectivity index (χ1) is 17.1. The first-order valence-electron chi connectivity index (χ1n) is 12.4. The molecule has 2 atom stereocenters. The number of hydrogen-bond donors (Lipinski definition) is 0. The summed E-state index contributed by atoms with van der Waals surface area (Å²) in [5.74, 6) is 0.226. The second-order valence-electron chi connectivity index (χ2n) is 10.1. The highest BCUT2D eigenvalue weighted by Gasteiger charge is 2.38. The summed E-state index contributed by atoms with van der Waals surface area (Å²) in [6, 6.07) is 21.1. The van der Waals surface area contributed by atoms with Crippen molar-refractivity contribution in [1.29, 1.82) is 0 Å². The van der Waals surface area contributed by atoms with E-state index in [9.17, 15) is 9.59 Å². The number of benzene rings is 3. The quantitative estimate of drug-likeness (QED) is 0.374. The summed E-state index contributed by atoms with van der Waals surface area (Å²) >= 11 is 6.12. The summed E-state index contributed by atoms with van der Waals surface area (Å²) < 4.78 is 0. The van der Waals surface area contributed by atoms with Crippen LogP contribution in [0.15, 0.2) is 66.7 Å². The molecule has 2 unspecified atom stereocenters. The molecule has 1 aliphatic rings. The van der Waals surface area contributed by atoms with Gasteiger partial charge in [0.25, 0.3) is 5.91 Å². The van der Waals surface area contributed by atoms with Gasteiger partial charge in [0.05, 0.1) is 6.04 Å². The maximum Gasteiger partial charge on any atom is 0.258 e. The maximum atomic E-state index is 13.9. The maximum absolute atomic E-state index is 13.9. The summed E-state index contributed by atoms with van der Waals surface area (Å²) in [6.45, 7) is 7.94. The van der Waals surface area contributed by atoms with Crippen LogP contribution in [-0.4, -0.2) is 32.0 Å². The highest BCUT2D eigenvalue weighted by atomic mass is 35.5. The van der Waals surface area contributed by atoms with E-state index in [0.717, 1.165) is 28.2 Å². The number of hydrogen-bond acceptors (Lipinski definition) is 3. The topological polar surface area (TPSA) is 43.9 Å². The molecule has 36 heavy (non-hydrogen) atoms. The number of halogens is 1. The molecule has 5 nitrogen and oxygen atoms in total. The smallest absolute Gasteiger partial charge is 0.258 e. The van der Waals surface area contributed by atoms with Crippen LogP contribution >= 0.6 is 11.6 Å². The molecule has 1 heterocycles. The normalized spacial score (nSPS) is 17.1. The van der Waals surface area contributed by atoms with Gasteiger partial charge < -0.3 is 14.7 Å². The van der Waals surface area contributed by atoms with Crippen molar-refractivity contribution in [3.05, 3.63) is 88.4 Å². The first kappa shape index (κ1) is 25.8. The fraction of sp³-hybridized carbons (Fsp3) is 0.333. The molecule has 3 aromatic carbocycles. The Morgan fingerprint density at radius 3 is 2.11 bits per heavy atom. The third kappa shape index (κ3) is 4.98. The Kier molecular flexibility index (Phi) is 7.41. The molecule has 4 rings (SSSR count). The minimum Gasteiger partial charge on any atom is -0.378 e. The van der Waals surface area contributed by atoms with Crippen LogP contribution in [0.1, 0.15) is 67.6 Å². The van der Waals surface area contributed by atoms with Crippen LogP contribution in [0.3, 0.4) is 0 Å². The molecule has 0 bridgehead atoms. The van der Waals surface area contributed by atoms with E-state index < -0.39 is 0 Å². The van der Waals surface area contributed by atoms with Gasteiger partial charge in [-0.1, -0.05) is 37.6 Å². The standard InChI is InChI=1S/C30H34ClN3O2/c1-19(2)23-9-16-27-28(34(21(4)35)26-14-10-24(31)11-15-26)17-20(3)33(29(27)18-23)30(36)22-7-12-25(13-8-22)32(5)6/h7-16,18-20,28H,17H2,1-6H3. The Bertz CT molecular complexity index is 1250. The predicted octanol–water partition coefficient (Wildman–Crippen LogP) is 7.06. The summed E-state index contributed by atoms with van der Waals surface area (Å²) in [4.78, 5) is 32.6. The lowest BCUT2D eigenvalue weighted by atomic mass is 9.87. The van der Waals surface area contributed by atoms with Gasteiger partial charge in [0.2, 0.25) is 5.91 Å². The molecule has 0 aliphatic carbocycles. The third-order valence-corrected chi connectivity index (χ3v) is 7.20. The molecule has 0 aromatic heterocycles. The molecule has 0 saturated carbocycles. The SMILES string of the molecule is CC(=O)N(c1ccc(Cl)cc1)C1CC(C)N(C(=O)c2ccc(N(C)C)cc2)c2cc(C(C)C)ccc21. The molecule has 6 heteroatoms. The zero-order chi connectivity index (χ0) is 26.1. The van der Waals surface area contributed by atoms with E-state index in [-0.39, 0.29) is 23.9 Å². The van der Waals surface area contributed by atoms with E-state index in [1.807, 2.05) is 65.2 Å². The first-order valence-corrected chi connectivity index (χ1v) is 12.8. The van der Waals surface area contributed by atoms with E-state index in [0.29, 0.717) is 22.9 Å². The number of fused-ring (bicyclic) bond motifs is 1. The van der Waals surface area contributed by atoms with E-state index in [1.165, 1.54) is 0 Å². The fourth-order valence-corrected chi connectivity index (χ4v) is 5.11. The number of carbonyl (C=O) groups excluding carboxylic acids is 2. The van der Waals surface area contributed by atoms with Crippen molar-refractivity contribution < 1.29 is 9.59 Å². The van der Waals surface area contributed by atoms with Gasteiger partial charge in [-0.2, -0.15) is 0 Å². The van der Waals surface area contributed by atoms with Gasteiger partial charge in [-0.15, -0.1) is 0 Å². The molecule has 3 aromatic rings. The molecule has 2 amide bonds. The molecule has 0 N–H and O–H groups in total. The van der Waals surface area contributed by atoms with E-state index in [4.69, 9.17) is 11.6 Å². The van der Waals surface area contributed by atoms with Crippen molar-refractivity contribution in [2.24, 2.45) is 0 Å². The minimum atomic E-state index is -0.199. The lowest BCUT2D eigenvalue weighted by Crippen LogP contribution is -2.47. The summed E-state index contributed by atoms with van der Waals surface area (Å²) in [5, 5.41) is 0.623. The number of rotatable bonds is 5. The molecule has 0 radical (unpaired) electrons. The van der Waals surface area contributed by atoms with Gasteiger partial charge in [0.1, 0.15) is 0 Å². The van der Waals surface area contributed by atoms with Crippen molar-refractivity contribution in [1.82, 2.24) is 0 Å². The second-order valence-corrected chi connectivity index (χ2v) is 10.5. The third-order valence-electron chi connectivity index (χ3n) is 6.95. The summed E-state index contributed by atoms with van der Waals surface area (Å²) in [5.41, 5.74) is 5.48. The van der Waals surface area contributed by atoms with Crippen LogP contribution in [0.2, 0.25) is 5.02 Å². The number of amides is 2. The Hall–Kier alpha value is -3.31. The average molecular weight is 504 g/mol. The van der Waals surface area contributed by atoms with E-state index >= 15 is 0 Å². The van der Waals surface area contributed by atoms with Crippen LogP contribution in [0.4, 0.5) is 17.1 Å². The predicted molar refractivity (Wildman–Crippen MR) is 150 cm³/mol. The monoisotopic (exact) mass is 503 g/mol. The molecule has 0 spiro atoms. The lowest BCUT2D eigenvalue weighted by molar-refractivity contribution is -0.117. The Labute approximate surface area is 219 Å². The van der Waals surface area contributed by atoms with Crippen LogP contribution in [0.25, 0.3) is 0 Å². The largest absolute Gasteiger partial charge is 0.378 e. The number of nitrogens with zero attached hydrogens (tertiary/aromatic N) is 3. The van der Waals surface area contributed by atoms with Crippen LogP contribution in [-0.2, 0) is 4.79 Å². The Morgan fingerprint density at radius 1 is 0.944 bits per heavy atom. The molecule has 1 aliphatic heterocycles. The molecular weight excluding hydrogens is 470 g/mol. The van der Waals surface area contributed by atoms with Crippen molar-refractivity contribution in [3.63, 3.8) is 0 Å². The Morgan fingerprint density at radius 2 is 1.56 bits per heavy atom. The Balaban J connectivity index is 1.81. The molecular formula is C30H34ClN3O2. The molecule has 0 saturated heterocycles. The van der Waals surface area contributed by atoms with Crippen molar-refractivity contribution >= 4 is 40.5 Å². The van der Waals surface area contributed by atoms with Crippen molar-refractivity contribution in [3.8, 4) is 0 Å². The number of carbonyl (C=O) groups is 2. The average Bonchev–Trinajstić information content (AvgIpc) is 2.84. The lowest BCUT2D eigenvalue weighted by Gasteiger charge is -2.43. The van der Waals surface area contributed by atoms with Crippen LogP contribution in [0, 0.1) is 0 Å². The highest BCUT2D eigenvalue weighted by Crippen LogP contribution is 2.44. The van der Waals surface area contributed by atoms with E-state index in [1.54, 1.807) is 19.1 Å². The van der Waals surface area contributed by atoms with Gasteiger partial charge in [-0.3, -0.25) is 9.59 Å². The van der Waals surface area contributed by atoms with Gasteiger partial charge in [-0.05, 0) is 85.0 Å². The molecule has 0 fully saturated rings. The number of anilines is 3. The van der Waals surface area contributed by atoms with Gasteiger partial charge in [0, 0.05) is 54.7 Å². The van der Waals surface area contributed by atoms with Gasteiger partial charge >= 0.3 is 0 Å². The van der Waals surface area contributed by atoms with Crippen molar-refractivity contribution in [2.75, 3.05) is 28.8 Å². The van der Waals surface area contributed by atoms with Crippen LogP contribution < -0.4 is 14.7 Å². The second kappa shape index (κ2) is 10.4. The zero-order valence-corrected chi connectivity index (χ0v) is 22.6. The summed E-state index contributed by atoms with van der Waals surface area (Å²) in [6.07, 6.45) is 0.623. The fourth-order valence-electron chi connectivity index (χ4n) is 4.98. The van der Waals surface area contributed by atoms with Crippen molar-refractivity contribution in [2.45, 2.75) is 52.1 Å². The molecule has 188 valence electrons. The minimum absolute atomic E-state index is 0.0331. The van der Waals surface area contributed by atoms with Gasteiger partial charge in [-0.25, -0.2) is 0 Å². The van der Waals surface area contributed by atoms with E-state index in [2.05, 4.69) is 39.0 Å². The zero-order valence-electron chi connectivity index (χ0n) is 21.8.